The van der Waals surface area contributed by atoms with Gasteiger partial charge >= 0.3 is 0 Å². The molecule has 0 bridgehead atoms. The second-order valence-corrected chi connectivity index (χ2v) is 4.61. The molecule has 0 aliphatic carbocycles. The molecule has 0 saturated carbocycles. The molecule has 1 aromatic carbocycles. The van der Waals surface area contributed by atoms with Crippen LogP contribution in [0.5, 0.6) is 0 Å². The van der Waals surface area contributed by atoms with Crippen LogP contribution in [0.15, 0.2) is 53.3 Å². The molecule has 1 saturated heterocycles. The van der Waals surface area contributed by atoms with Crippen LogP contribution in [0.1, 0.15) is 17.2 Å². The number of amides is 1. The Kier molecular flexibility index (Phi) is 3.09. The molecule has 2 heterocycles. The van der Waals surface area contributed by atoms with Crippen LogP contribution in [0.3, 0.4) is 0 Å². The highest BCUT2D eigenvalue weighted by atomic mass is 16.5. The van der Waals surface area contributed by atoms with Gasteiger partial charge in [-0.1, -0.05) is 30.3 Å². The van der Waals surface area contributed by atoms with Crippen molar-refractivity contribution >= 4 is 5.91 Å². The van der Waals surface area contributed by atoms with Crippen molar-refractivity contribution in [2.24, 2.45) is 0 Å². The van der Waals surface area contributed by atoms with Gasteiger partial charge in [-0.3, -0.25) is 4.79 Å². The largest absolute Gasteiger partial charge is 0.472 e. The Morgan fingerprint density at radius 3 is 2.68 bits per heavy atom. The maximum Gasteiger partial charge on any atom is 0.255 e. The van der Waals surface area contributed by atoms with Crippen molar-refractivity contribution in [2.75, 3.05) is 7.11 Å². The number of furan rings is 1. The number of ether oxygens (including phenoxy) is 1. The molecular weight excluding hydrogens is 242 g/mol. The number of nitrogens with zero attached hydrogens (tertiary/aromatic N) is 1. The number of hydrogen-bond donors (Lipinski definition) is 0. The molecule has 1 aliphatic heterocycles. The molecule has 98 valence electrons. The van der Waals surface area contributed by atoms with Gasteiger partial charge in [0.25, 0.3) is 5.91 Å². The van der Waals surface area contributed by atoms with Gasteiger partial charge in [-0.2, -0.15) is 0 Å². The molecule has 19 heavy (non-hydrogen) atoms. The highest BCUT2D eigenvalue weighted by Gasteiger charge is 2.48. The number of likely N-dealkylation sites (tertiary alicyclic amines) is 1. The van der Waals surface area contributed by atoms with E-state index in [-0.39, 0.29) is 11.9 Å². The predicted octanol–water partition coefficient (Wildman–Crippen LogP) is 2.38. The number of hydrogen-bond acceptors (Lipinski definition) is 3. The van der Waals surface area contributed by atoms with Gasteiger partial charge in [0.05, 0.1) is 18.6 Å². The highest BCUT2D eigenvalue weighted by molar-refractivity contribution is 5.88. The van der Waals surface area contributed by atoms with Gasteiger partial charge in [-0.25, -0.2) is 0 Å². The zero-order valence-electron chi connectivity index (χ0n) is 10.7. The Bertz CT molecular complexity index is 550. The van der Waals surface area contributed by atoms with Gasteiger partial charge < -0.3 is 14.1 Å². The lowest BCUT2D eigenvalue weighted by molar-refractivity contribution is -0.172. The second-order valence-electron chi connectivity index (χ2n) is 4.61. The molecule has 4 heteroatoms. The lowest BCUT2D eigenvalue weighted by Gasteiger charge is -2.45. The number of rotatable bonds is 4. The smallest absolute Gasteiger partial charge is 0.255 e. The lowest BCUT2D eigenvalue weighted by atomic mass is 9.91. The van der Waals surface area contributed by atoms with Crippen molar-refractivity contribution in [3.8, 4) is 0 Å². The van der Waals surface area contributed by atoms with Crippen LogP contribution in [0, 0.1) is 0 Å². The van der Waals surface area contributed by atoms with Crippen molar-refractivity contribution in [3.63, 3.8) is 0 Å². The van der Waals surface area contributed by atoms with Crippen LogP contribution >= 0.6 is 0 Å². The number of methoxy groups -OCH3 is 1. The topological polar surface area (TPSA) is 42.7 Å². The van der Waals surface area contributed by atoms with Crippen molar-refractivity contribution < 1.29 is 13.9 Å². The fraction of sp³-hybridized carbons (Fsp3) is 0.267. The second kappa shape index (κ2) is 4.90. The minimum absolute atomic E-state index is 0.0255. The molecule has 1 amide bonds. The molecule has 2 atom stereocenters. The average molecular weight is 257 g/mol. The normalized spacial score (nSPS) is 22.4. The number of carbonyl (C=O) groups is 1. The zero-order valence-corrected chi connectivity index (χ0v) is 10.7. The third-order valence-corrected chi connectivity index (χ3v) is 3.48. The molecule has 2 aromatic rings. The Morgan fingerprint density at radius 2 is 2.05 bits per heavy atom. The summed E-state index contributed by atoms with van der Waals surface area (Å²) in [6.07, 6.45) is 2.88. The van der Waals surface area contributed by atoms with Gasteiger partial charge in [0, 0.05) is 19.2 Å². The first-order valence-electron chi connectivity index (χ1n) is 6.20. The first kappa shape index (κ1) is 12.0. The van der Waals surface area contributed by atoms with E-state index in [0.29, 0.717) is 6.54 Å². The van der Waals surface area contributed by atoms with E-state index < -0.39 is 6.10 Å². The molecule has 0 spiro atoms. The summed E-state index contributed by atoms with van der Waals surface area (Å²) >= 11 is 0. The monoisotopic (exact) mass is 257 g/mol. The summed E-state index contributed by atoms with van der Waals surface area (Å²) in [5.41, 5.74) is 2.08. The minimum Gasteiger partial charge on any atom is -0.472 e. The van der Waals surface area contributed by atoms with Crippen molar-refractivity contribution in [1.82, 2.24) is 4.90 Å². The molecular formula is C15H15NO3. The maximum atomic E-state index is 12.1. The Balaban J connectivity index is 1.82. The number of β-lactam (4-membered cyclic amide) rings is 1. The SMILES string of the molecule is CO[C@@H]1C(=O)N(Cc2ccccc2)[C@@H]1c1ccoc1. The lowest BCUT2D eigenvalue weighted by Crippen LogP contribution is -2.58. The Labute approximate surface area is 111 Å². The molecule has 4 nitrogen and oxygen atoms in total. The molecule has 1 fully saturated rings. The number of benzene rings is 1. The third kappa shape index (κ3) is 2.04. The van der Waals surface area contributed by atoms with Crippen LogP contribution in [0.2, 0.25) is 0 Å². The summed E-state index contributed by atoms with van der Waals surface area (Å²) in [7, 11) is 1.56. The van der Waals surface area contributed by atoms with E-state index in [1.807, 2.05) is 41.3 Å². The summed E-state index contributed by atoms with van der Waals surface area (Å²) in [5.74, 6) is 0.0255. The molecule has 0 unspecified atom stereocenters. The van der Waals surface area contributed by atoms with Gasteiger partial charge in [-0.15, -0.1) is 0 Å². The van der Waals surface area contributed by atoms with Crippen LogP contribution in [0.25, 0.3) is 0 Å². The maximum absolute atomic E-state index is 12.1. The molecule has 1 aliphatic rings. The molecule has 3 rings (SSSR count). The zero-order chi connectivity index (χ0) is 13.2. The quantitative estimate of drug-likeness (QED) is 0.790. The highest BCUT2D eigenvalue weighted by Crippen LogP contribution is 2.38. The summed E-state index contributed by atoms with van der Waals surface area (Å²) in [4.78, 5) is 13.9. The first-order chi connectivity index (χ1) is 9.31. The minimum atomic E-state index is -0.402. The standard InChI is InChI=1S/C15H15NO3/c1-18-14-13(12-7-8-19-10-12)16(15(14)17)9-11-5-3-2-4-6-11/h2-8,10,13-14H,9H2,1H3/t13-,14+/m1/s1. The van der Waals surface area contributed by atoms with Gasteiger partial charge in [-0.05, 0) is 11.6 Å². The van der Waals surface area contributed by atoms with Gasteiger partial charge in [0.15, 0.2) is 6.10 Å². The van der Waals surface area contributed by atoms with Crippen molar-refractivity contribution in [1.29, 1.82) is 0 Å². The summed E-state index contributed by atoms with van der Waals surface area (Å²) in [6, 6.07) is 11.8. The van der Waals surface area contributed by atoms with Crippen LogP contribution in [0.4, 0.5) is 0 Å². The Hall–Kier alpha value is -2.07. The fourth-order valence-corrected chi connectivity index (χ4v) is 2.50. The van der Waals surface area contributed by atoms with E-state index >= 15 is 0 Å². The van der Waals surface area contributed by atoms with Crippen molar-refractivity contribution in [2.45, 2.75) is 18.7 Å². The fourth-order valence-electron chi connectivity index (χ4n) is 2.50. The molecule has 0 radical (unpaired) electrons. The van der Waals surface area contributed by atoms with E-state index in [4.69, 9.17) is 9.15 Å². The van der Waals surface area contributed by atoms with Crippen molar-refractivity contribution in [3.05, 3.63) is 60.1 Å². The molecule has 0 N–H and O–H groups in total. The average Bonchev–Trinajstić information content (AvgIpc) is 2.96. The molecule has 1 aromatic heterocycles. The van der Waals surface area contributed by atoms with E-state index in [9.17, 15) is 4.79 Å². The predicted molar refractivity (Wildman–Crippen MR) is 69.2 cm³/mol. The van der Waals surface area contributed by atoms with E-state index in [2.05, 4.69) is 0 Å². The van der Waals surface area contributed by atoms with E-state index in [1.165, 1.54) is 0 Å². The van der Waals surface area contributed by atoms with Crippen LogP contribution < -0.4 is 0 Å². The summed E-state index contributed by atoms with van der Waals surface area (Å²) in [6.45, 7) is 0.593. The Morgan fingerprint density at radius 1 is 1.26 bits per heavy atom. The summed E-state index contributed by atoms with van der Waals surface area (Å²) < 4.78 is 10.4. The van der Waals surface area contributed by atoms with Gasteiger partial charge in [0.2, 0.25) is 0 Å². The van der Waals surface area contributed by atoms with E-state index in [0.717, 1.165) is 11.1 Å². The summed E-state index contributed by atoms with van der Waals surface area (Å²) in [5, 5.41) is 0. The van der Waals surface area contributed by atoms with Crippen LogP contribution in [-0.2, 0) is 16.1 Å². The third-order valence-electron chi connectivity index (χ3n) is 3.48. The van der Waals surface area contributed by atoms with E-state index in [1.54, 1.807) is 19.6 Å². The first-order valence-corrected chi connectivity index (χ1v) is 6.20. The van der Waals surface area contributed by atoms with Crippen LogP contribution in [-0.4, -0.2) is 24.0 Å². The van der Waals surface area contributed by atoms with Gasteiger partial charge in [0.1, 0.15) is 0 Å². The number of carbonyl (C=O) groups excluding carboxylic acids is 1.